The minimum atomic E-state index is -0.386. The molecule has 0 spiro atoms. The standard InChI is InChI=1S/C13H13BrFNO2/c1-17-11-3-2-8(6-9(11)15)7-10(16)12-4-5-13(14)18-12/h2-6,10H,7,16H2,1H3. The third kappa shape index (κ3) is 2.91. The van der Waals surface area contributed by atoms with Crippen molar-refractivity contribution >= 4 is 15.9 Å². The predicted octanol–water partition coefficient (Wildman–Crippen LogP) is 3.43. The summed E-state index contributed by atoms with van der Waals surface area (Å²) in [7, 11) is 1.43. The first-order chi connectivity index (χ1) is 8.60. The number of ether oxygens (including phenoxy) is 1. The molecule has 0 aliphatic carbocycles. The first-order valence-electron chi connectivity index (χ1n) is 5.43. The Hall–Kier alpha value is -1.33. The Morgan fingerprint density at radius 1 is 1.39 bits per heavy atom. The lowest BCUT2D eigenvalue weighted by Crippen LogP contribution is -2.12. The van der Waals surface area contributed by atoms with E-state index < -0.39 is 0 Å². The highest BCUT2D eigenvalue weighted by molar-refractivity contribution is 9.10. The third-order valence-corrected chi connectivity index (χ3v) is 3.06. The summed E-state index contributed by atoms with van der Waals surface area (Å²) >= 11 is 3.22. The summed E-state index contributed by atoms with van der Waals surface area (Å²) in [5.74, 6) is 0.508. The second-order valence-electron chi connectivity index (χ2n) is 3.92. The number of halogens is 2. The summed E-state index contributed by atoms with van der Waals surface area (Å²) < 4.78 is 24.4. The quantitative estimate of drug-likeness (QED) is 0.940. The van der Waals surface area contributed by atoms with Crippen molar-refractivity contribution in [3.05, 3.63) is 52.1 Å². The number of benzene rings is 1. The molecule has 0 aliphatic rings. The molecule has 0 aliphatic heterocycles. The molecule has 1 aromatic heterocycles. The second kappa shape index (κ2) is 5.54. The van der Waals surface area contributed by atoms with Crippen LogP contribution in [0.2, 0.25) is 0 Å². The van der Waals surface area contributed by atoms with Crippen LogP contribution >= 0.6 is 15.9 Å². The van der Waals surface area contributed by atoms with Gasteiger partial charge in [-0.25, -0.2) is 4.39 Å². The fourth-order valence-corrected chi connectivity index (χ4v) is 2.04. The molecular formula is C13H13BrFNO2. The molecule has 2 N–H and O–H groups in total. The van der Waals surface area contributed by atoms with E-state index in [2.05, 4.69) is 15.9 Å². The first-order valence-corrected chi connectivity index (χ1v) is 6.22. The van der Waals surface area contributed by atoms with Gasteiger partial charge in [0.25, 0.3) is 0 Å². The highest BCUT2D eigenvalue weighted by Gasteiger charge is 2.12. The van der Waals surface area contributed by atoms with Gasteiger partial charge in [0.05, 0.1) is 13.2 Å². The number of hydrogen-bond donors (Lipinski definition) is 1. The maximum absolute atomic E-state index is 13.5. The van der Waals surface area contributed by atoms with Gasteiger partial charge in [0.1, 0.15) is 5.76 Å². The van der Waals surface area contributed by atoms with Gasteiger partial charge in [0.15, 0.2) is 16.2 Å². The Labute approximate surface area is 113 Å². The van der Waals surface area contributed by atoms with Crippen molar-refractivity contribution in [2.75, 3.05) is 7.11 Å². The molecule has 96 valence electrons. The molecule has 2 rings (SSSR count). The maximum Gasteiger partial charge on any atom is 0.169 e. The predicted molar refractivity (Wildman–Crippen MR) is 70.0 cm³/mol. The van der Waals surface area contributed by atoms with Crippen molar-refractivity contribution in [1.82, 2.24) is 0 Å². The van der Waals surface area contributed by atoms with Crippen molar-refractivity contribution in [3.8, 4) is 5.75 Å². The highest BCUT2D eigenvalue weighted by Crippen LogP contribution is 2.24. The smallest absolute Gasteiger partial charge is 0.169 e. The number of methoxy groups -OCH3 is 1. The molecule has 1 aromatic carbocycles. The average Bonchev–Trinajstić information content (AvgIpc) is 2.76. The molecule has 18 heavy (non-hydrogen) atoms. The molecule has 2 aromatic rings. The van der Waals surface area contributed by atoms with E-state index in [0.717, 1.165) is 5.56 Å². The Kier molecular flexibility index (Phi) is 4.04. The van der Waals surface area contributed by atoms with Gasteiger partial charge in [0.2, 0.25) is 0 Å². The lowest BCUT2D eigenvalue weighted by molar-refractivity contribution is 0.386. The van der Waals surface area contributed by atoms with Gasteiger partial charge in [-0.2, -0.15) is 0 Å². The third-order valence-electron chi connectivity index (χ3n) is 2.63. The van der Waals surface area contributed by atoms with Gasteiger partial charge in [-0.1, -0.05) is 6.07 Å². The molecule has 0 amide bonds. The van der Waals surface area contributed by atoms with E-state index in [-0.39, 0.29) is 17.6 Å². The zero-order valence-corrected chi connectivity index (χ0v) is 11.4. The molecule has 0 saturated heterocycles. The van der Waals surface area contributed by atoms with Gasteiger partial charge in [0, 0.05) is 0 Å². The SMILES string of the molecule is COc1ccc(CC(N)c2ccc(Br)o2)cc1F. The largest absolute Gasteiger partial charge is 0.494 e. The Balaban J connectivity index is 2.12. The zero-order valence-electron chi connectivity index (χ0n) is 9.82. The molecule has 3 nitrogen and oxygen atoms in total. The van der Waals surface area contributed by atoms with Crippen molar-refractivity contribution in [2.45, 2.75) is 12.5 Å². The van der Waals surface area contributed by atoms with Crippen molar-refractivity contribution in [3.63, 3.8) is 0 Å². The van der Waals surface area contributed by atoms with E-state index in [1.807, 2.05) is 0 Å². The van der Waals surface area contributed by atoms with Crippen LogP contribution in [0.3, 0.4) is 0 Å². The van der Waals surface area contributed by atoms with Crippen LogP contribution < -0.4 is 10.5 Å². The summed E-state index contributed by atoms with van der Waals surface area (Å²) in [4.78, 5) is 0. The second-order valence-corrected chi connectivity index (χ2v) is 4.70. The summed E-state index contributed by atoms with van der Waals surface area (Å²) in [5, 5.41) is 0. The van der Waals surface area contributed by atoms with E-state index in [9.17, 15) is 4.39 Å². The van der Waals surface area contributed by atoms with Crippen LogP contribution in [0, 0.1) is 5.82 Å². The Bertz CT molecular complexity index is 542. The van der Waals surface area contributed by atoms with Gasteiger partial charge >= 0.3 is 0 Å². The minimum Gasteiger partial charge on any atom is -0.494 e. The summed E-state index contributed by atoms with van der Waals surface area (Å²) in [6.45, 7) is 0. The zero-order chi connectivity index (χ0) is 13.1. The number of nitrogens with two attached hydrogens (primary N) is 1. The van der Waals surface area contributed by atoms with Crippen molar-refractivity contribution in [2.24, 2.45) is 5.73 Å². The van der Waals surface area contributed by atoms with E-state index in [1.165, 1.54) is 13.2 Å². The highest BCUT2D eigenvalue weighted by atomic mass is 79.9. The van der Waals surface area contributed by atoms with Gasteiger partial charge in [-0.3, -0.25) is 0 Å². The van der Waals surface area contributed by atoms with Crippen LogP contribution in [-0.2, 0) is 6.42 Å². The molecule has 0 saturated carbocycles. The Morgan fingerprint density at radius 3 is 2.72 bits per heavy atom. The van der Waals surface area contributed by atoms with Crippen LogP contribution in [0.15, 0.2) is 39.4 Å². The molecule has 0 bridgehead atoms. The molecule has 1 unspecified atom stereocenters. The molecule has 1 atom stereocenters. The Morgan fingerprint density at radius 2 is 2.17 bits per heavy atom. The molecule has 5 heteroatoms. The van der Waals surface area contributed by atoms with E-state index >= 15 is 0 Å². The monoisotopic (exact) mass is 313 g/mol. The molecule has 1 heterocycles. The number of furan rings is 1. The lowest BCUT2D eigenvalue weighted by atomic mass is 10.0. The van der Waals surface area contributed by atoms with Gasteiger partial charge in [-0.05, 0) is 52.2 Å². The average molecular weight is 314 g/mol. The minimum absolute atomic E-state index is 0.230. The topological polar surface area (TPSA) is 48.4 Å². The van der Waals surface area contributed by atoms with Crippen LogP contribution in [0.4, 0.5) is 4.39 Å². The molecular weight excluding hydrogens is 301 g/mol. The fourth-order valence-electron chi connectivity index (χ4n) is 1.72. The number of hydrogen-bond acceptors (Lipinski definition) is 3. The van der Waals surface area contributed by atoms with Crippen LogP contribution in [0.25, 0.3) is 0 Å². The van der Waals surface area contributed by atoms with Crippen LogP contribution in [-0.4, -0.2) is 7.11 Å². The maximum atomic E-state index is 13.5. The lowest BCUT2D eigenvalue weighted by Gasteiger charge is -2.10. The van der Waals surface area contributed by atoms with Crippen molar-refractivity contribution in [1.29, 1.82) is 0 Å². The van der Waals surface area contributed by atoms with Crippen LogP contribution in [0.5, 0.6) is 5.75 Å². The van der Waals surface area contributed by atoms with Gasteiger partial charge < -0.3 is 14.9 Å². The number of rotatable bonds is 4. The fraction of sp³-hybridized carbons (Fsp3) is 0.231. The summed E-state index contributed by atoms with van der Waals surface area (Å²) in [6, 6.07) is 8.09. The molecule has 0 fully saturated rings. The molecule has 0 radical (unpaired) electrons. The summed E-state index contributed by atoms with van der Waals surface area (Å²) in [6.07, 6.45) is 0.501. The first kappa shape index (κ1) is 13.1. The van der Waals surface area contributed by atoms with E-state index in [1.54, 1.807) is 24.3 Å². The van der Waals surface area contributed by atoms with Gasteiger partial charge in [-0.15, -0.1) is 0 Å². The van der Waals surface area contributed by atoms with E-state index in [4.69, 9.17) is 14.9 Å². The van der Waals surface area contributed by atoms with Crippen LogP contribution in [0.1, 0.15) is 17.4 Å². The summed E-state index contributed by atoms with van der Waals surface area (Å²) in [5.41, 5.74) is 6.79. The normalized spacial score (nSPS) is 12.4. The van der Waals surface area contributed by atoms with Crippen molar-refractivity contribution < 1.29 is 13.5 Å². The van der Waals surface area contributed by atoms with E-state index in [0.29, 0.717) is 16.9 Å².